The normalized spacial score (nSPS) is 37.7. The molecule has 3 fully saturated rings. The van der Waals surface area contributed by atoms with E-state index in [-0.39, 0.29) is 22.7 Å². The third-order valence-corrected chi connectivity index (χ3v) is 8.42. The minimum atomic E-state index is -0.362. The predicted molar refractivity (Wildman–Crippen MR) is 106 cm³/mol. The molecule has 1 aromatic carbocycles. The summed E-state index contributed by atoms with van der Waals surface area (Å²) in [5.41, 5.74) is 4.79. The van der Waals surface area contributed by atoms with Crippen molar-refractivity contribution in [2.75, 3.05) is 20.2 Å². The predicted octanol–water partition coefficient (Wildman–Crippen LogP) is 3.46. The molecule has 2 bridgehead atoms. The topological polar surface area (TPSA) is 51.9 Å². The standard InChI is InChI=1S/C24H23NO4/c1-3-7-25-12-23-11-24-15(21(23)25)4-5-16(26)22(24)29-20-17(27-2)9-14(18(23)19(20)24)13-6-8-28-10-13/h3,6,8-10,15,21-22H,1,4-5,7,11-12H2,2H3/t15?,21?,22?,23?,24-/m1/s1. The minimum absolute atomic E-state index is 0.0866. The van der Waals surface area contributed by atoms with E-state index in [1.165, 1.54) is 16.7 Å². The lowest BCUT2D eigenvalue weighted by atomic mass is 9.57. The van der Waals surface area contributed by atoms with Gasteiger partial charge in [0.25, 0.3) is 0 Å². The largest absolute Gasteiger partial charge is 0.493 e. The van der Waals surface area contributed by atoms with Crippen LogP contribution in [0.2, 0.25) is 0 Å². The second kappa shape index (κ2) is 4.96. The highest BCUT2D eigenvalue weighted by molar-refractivity contribution is 5.92. The van der Waals surface area contributed by atoms with Crippen LogP contribution in [0, 0.1) is 5.92 Å². The Balaban J connectivity index is 1.56. The second-order valence-electron chi connectivity index (χ2n) is 9.36. The fourth-order valence-corrected chi connectivity index (χ4v) is 7.81. The first-order chi connectivity index (χ1) is 14.2. The number of rotatable bonds is 4. The van der Waals surface area contributed by atoms with E-state index in [0.29, 0.717) is 18.4 Å². The number of ether oxygens (including phenoxy) is 2. The molecule has 0 amide bonds. The number of fused-ring (bicyclic) bond motifs is 1. The van der Waals surface area contributed by atoms with Gasteiger partial charge in [0.05, 0.1) is 19.6 Å². The third-order valence-electron chi connectivity index (χ3n) is 8.42. The van der Waals surface area contributed by atoms with Crippen molar-refractivity contribution in [1.29, 1.82) is 0 Å². The number of hydrogen-bond acceptors (Lipinski definition) is 5. The van der Waals surface area contributed by atoms with Crippen LogP contribution in [0.25, 0.3) is 11.1 Å². The van der Waals surface area contributed by atoms with Crippen molar-refractivity contribution in [1.82, 2.24) is 4.90 Å². The number of likely N-dealkylation sites (tertiary alicyclic amines) is 1. The summed E-state index contributed by atoms with van der Waals surface area (Å²) in [6.07, 6.45) is 7.76. The lowest BCUT2D eigenvalue weighted by molar-refractivity contribution is -0.133. The van der Waals surface area contributed by atoms with E-state index >= 15 is 0 Å². The highest BCUT2D eigenvalue weighted by Crippen LogP contribution is 2.77. The Morgan fingerprint density at radius 3 is 3.07 bits per heavy atom. The maximum Gasteiger partial charge on any atom is 0.174 e. The second-order valence-corrected chi connectivity index (χ2v) is 9.36. The molecule has 5 nitrogen and oxygen atoms in total. The van der Waals surface area contributed by atoms with Crippen LogP contribution >= 0.6 is 0 Å². The molecule has 2 aliphatic heterocycles. The van der Waals surface area contributed by atoms with Gasteiger partial charge in [-0.25, -0.2) is 0 Å². The number of nitrogens with zero attached hydrogens (tertiary/aromatic N) is 1. The van der Waals surface area contributed by atoms with Gasteiger partial charge in [0.1, 0.15) is 0 Å². The Morgan fingerprint density at radius 1 is 1.41 bits per heavy atom. The molecule has 0 radical (unpaired) electrons. The van der Waals surface area contributed by atoms with Crippen LogP contribution in [0.15, 0.2) is 41.7 Å². The molecule has 5 atom stereocenters. The molecule has 5 heteroatoms. The number of ketones is 1. The van der Waals surface area contributed by atoms with Crippen molar-refractivity contribution < 1.29 is 18.7 Å². The number of carbonyl (C=O) groups is 1. The molecular weight excluding hydrogens is 366 g/mol. The Hall–Kier alpha value is -2.53. The molecule has 1 aromatic heterocycles. The number of furan rings is 1. The Morgan fingerprint density at radius 2 is 2.31 bits per heavy atom. The van der Waals surface area contributed by atoms with Gasteiger partial charge in [-0.3, -0.25) is 9.69 Å². The molecular formula is C24H23NO4. The fourth-order valence-electron chi connectivity index (χ4n) is 7.81. The molecule has 2 spiro atoms. The Labute approximate surface area is 169 Å². The van der Waals surface area contributed by atoms with E-state index in [2.05, 4.69) is 17.5 Å². The highest BCUT2D eigenvalue weighted by atomic mass is 16.5. The zero-order valence-corrected chi connectivity index (χ0v) is 16.4. The number of benzene rings is 1. The first kappa shape index (κ1) is 16.3. The zero-order valence-electron chi connectivity index (χ0n) is 16.4. The molecule has 29 heavy (non-hydrogen) atoms. The molecule has 2 saturated carbocycles. The van der Waals surface area contributed by atoms with Crippen LogP contribution in [0.1, 0.15) is 30.4 Å². The lowest BCUT2D eigenvalue weighted by Crippen LogP contribution is -2.68. The Kier molecular flexibility index (Phi) is 2.78. The van der Waals surface area contributed by atoms with Gasteiger partial charge in [-0.15, -0.1) is 6.58 Å². The molecule has 148 valence electrons. The monoisotopic (exact) mass is 389 g/mol. The van der Waals surface area contributed by atoms with Gasteiger partial charge in [0, 0.05) is 47.5 Å². The third kappa shape index (κ3) is 1.54. The van der Waals surface area contributed by atoms with Gasteiger partial charge in [-0.05, 0) is 42.0 Å². The van der Waals surface area contributed by atoms with Gasteiger partial charge < -0.3 is 13.9 Å². The van der Waals surface area contributed by atoms with Crippen molar-refractivity contribution in [2.24, 2.45) is 5.92 Å². The van der Waals surface area contributed by atoms with E-state index in [1.807, 2.05) is 18.4 Å². The van der Waals surface area contributed by atoms with Crippen LogP contribution in [0.4, 0.5) is 0 Å². The quantitative estimate of drug-likeness (QED) is 0.750. The van der Waals surface area contributed by atoms with Gasteiger partial charge in [-0.1, -0.05) is 6.08 Å². The molecule has 0 N–H and O–H groups in total. The van der Waals surface area contributed by atoms with Crippen molar-refractivity contribution in [2.45, 2.75) is 42.2 Å². The lowest BCUT2D eigenvalue weighted by Gasteiger charge is -2.58. The van der Waals surface area contributed by atoms with Crippen molar-refractivity contribution >= 4 is 5.78 Å². The summed E-state index contributed by atoms with van der Waals surface area (Å²) in [5.74, 6) is 2.26. The molecule has 5 aliphatic rings. The first-order valence-corrected chi connectivity index (χ1v) is 10.5. The van der Waals surface area contributed by atoms with Gasteiger partial charge in [0.15, 0.2) is 23.4 Å². The van der Waals surface area contributed by atoms with Crippen LogP contribution in [0.5, 0.6) is 11.5 Å². The SMILES string of the molecule is C=CCN1CC23C[C@@]45c6c(c(OC)cc(-c7ccoc7)c62)OC4C(=O)CCC5C13. The van der Waals surface area contributed by atoms with Crippen LogP contribution in [-0.2, 0) is 15.6 Å². The van der Waals surface area contributed by atoms with Crippen molar-refractivity contribution in [3.05, 3.63) is 48.4 Å². The number of Topliss-reactive ketones (excluding diaryl/α,β-unsaturated/α-hetero) is 1. The summed E-state index contributed by atoms with van der Waals surface area (Å²) in [5, 5.41) is 0. The van der Waals surface area contributed by atoms with E-state index in [9.17, 15) is 4.79 Å². The first-order valence-electron chi connectivity index (χ1n) is 10.5. The maximum atomic E-state index is 13.0. The minimum Gasteiger partial charge on any atom is -0.493 e. The molecule has 1 saturated heterocycles. The smallest absolute Gasteiger partial charge is 0.174 e. The fraction of sp³-hybridized carbons (Fsp3) is 0.458. The van der Waals surface area contributed by atoms with Gasteiger partial charge in [0.2, 0.25) is 0 Å². The van der Waals surface area contributed by atoms with Crippen LogP contribution in [0.3, 0.4) is 0 Å². The summed E-state index contributed by atoms with van der Waals surface area (Å²) in [4.78, 5) is 15.6. The molecule has 3 aliphatic carbocycles. The van der Waals surface area contributed by atoms with Gasteiger partial charge >= 0.3 is 0 Å². The number of hydrogen-bond donors (Lipinski definition) is 0. The summed E-state index contributed by atoms with van der Waals surface area (Å²) in [6, 6.07) is 4.57. The van der Waals surface area contributed by atoms with Crippen molar-refractivity contribution in [3.8, 4) is 22.6 Å². The van der Waals surface area contributed by atoms with E-state index < -0.39 is 0 Å². The van der Waals surface area contributed by atoms with Crippen LogP contribution < -0.4 is 9.47 Å². The highest BCUT2D eigenvalue weighted by Gasteiger charge is 2.80. The average molecular weight is 389 g/mol. The average Bonchev–Trinajstić information content (AvgIpc) is 3.44. The maximum absolute atomic E-state index is 13.0. The zero-order chi connectivity index (χ0) is 19.5. The number of carbonyl (C=O) groups excluding carboxylic acids is 1. The van der Waals surface area contributed by atoms with Crippen molar-refractivity contribution in [3.63, 3.8) is 0 Å². The molecule has 4 unspecified atom stereocenters. The van der Waals surface area contributed by atoms with E-state index in [4.69, 9.17) is 13.9 Å². The molecule has 3 heterocycles. The molecule has 7 rings (SSSR count). The Bertz CT molecular complexity index is 1090. The summed E-state index contributed by atoms with van der Waals surface area (Å²) in [6.45, 7) is 5.89. The van der Waals surface area contributed by atoms with Crippen LogP contribution in [-0.4, -0.2) is 43.0 Å². The molecule has 2 aromatic rings. The summed E-state index contributed by atoms with van der Waals surface area (Å²) < 4.78 is 17.6. The van der Waals surface area contributed by atoms with E-state index in [0.717, 1.165) is 43.0 Å². The summed E-state index contributed by atoms with van der Waals surface area (Å²) in [7, 11) is 1.68. The van der Waals surface area contributed by atoms with Gasteiger partial charge in [-0.2, -0.15) is 0 Å². The summed E-state index contributed by atoms with van der Waals surface area (Å²) >= 11 is 0. The number of methoxy groups -OCH3 is 1. The van der Waals surface area contributed by atoms with E-state index in [1.54, 1.807) is 13.4 Å².